The number of anilines is 1. The summed E-state index contributed by atoms with van der Waals surface area (Å²) in [5.74, 6) is 0. The maximum absolute atomic E-state index is 5.75. The van der Waals surface area contributed by atoms with Crippen LogP contribution in [0.15, 0.2) is 40.8 Å². The van der Waals surface area contributed by atoms with Crippen LogP contribution in [0.4, 0.5) is 5.13 Å². The number of nitrogens with two attached hydrogens (primary N) is 1. The van der Waals surface area contributed by atoms with E-state index in [1.54, 1.807) is 0 Å². The van der Waals surface area contributed by atoms with Crippen molar-refractivity contribution in [3.63, 3.8) is 0 Å². The third kappa shape index (κ3) is 2.40. The van der Waals surface area contributed by atoms with Gasteiger partial charge in [0, 0.05) is 11.9 Å². The van der Waals surface area contributed by atoms with Crippen LogP contribution in [0.5, 0.6) is 0 Å². The molecule has 18 heavy (non-hydrogen) atoms. The Morgan fingerprint density at radius 2 is 2.11 bits per heavy atom. The second-order valence-corrected chi connectivity index (χ2v) is 5.30. The predicted molar refractivity (Wildman–Crippen MR) is 78.6 cm³/mol. The Balaban J connectivity index is 2.44. The average molecular weight is 261 g/mol. The van der Waals surface area contributed by atoms with Crippen LogP contribution in [-0.2, 0) is 0 Å². The zero-order valence-electron chi connectivity index (χ0n) is 11.1. The van der Waals surface area contributed by atoms with Crippen molar-refractivity contribution in [2.24, 2.45) is 0 Å². The molecule has 0 saturated heterocycles. The predicted octanol–water partition coefficient (Wildman–Crippen LogP) is 3.16. The monoisotopic (exact) mass is 261 g/mol. The van der Waals surface area contributed by atoms with Gasteiger partial charge in [-0.1, -0.05) is 24.3 Å². The lowest BCUT2D eigenvalue weighted by Crippen LogP contribution is -2.20. The van der Waals surface area contributed by atoms with Crippen molar-refractivity contribution < 1.29 is 0 Å². The van der Waals surface area contributed by atoms with Gasteiger partial charge in [-0.25, -0.2) is 4.98 Å². The smallest absolute Gasteiger partial charge is 0.180 e. The first kappa shape index (κ1) is 13.1. The lowest BCUT2D eigenvalue weighted by Gasteiger charge is -2.19. The molecule has 1 aromatic heterocycles. The lowest BCUT2D eigenvalue weighted by molar-refractivity contribution is 0.328. The first-order chi connectivity index (χ1) is 8.67. The number of thiazole rings is 1. The van der Waals surface area contributed by atoms with Crippen molar-refractivity contribution in [3.8, 4) is 0 Å². The molecule has 1 atom stereocenters. The average Bonchev–Trinajstić information content (AvgIpc) is 2.85. The van der Waals surface area contributed by atoms with E-state index in [-0.39, 0.29) is 6.04 Å². The van der Waals surface area contributed by atoms with E-state index in [2.05, 4.69) is 53.5 Å². The number of allylic oxidation sites excluding steroid dienone is 2. The molecule has 96 valence electrons. The van der Waals surface area contributed by atoms with Gasteiger partial charge in [-0.2, -0.15) is 0 Å². The fraction of sp³-hybridized carbons (Fsp3) is 0.357. The van der Waals surface area contributed by atoms with Gasteiger partial charge in [0.15, 0.2) is 5.13 Å². The van der Waals surface area contributed by atoms with Crippen LogP contribution in [0.3, 0.4) is 0 Å². The molecule has 0 radical (unpaired) electrons. The van der Waals surface area contributed by atoms with Crippen molar-refractivity contribution >= 4 is 16.5 Å². The molecule has 1 aliphatic rings. The Bertz CT molecular complexity index is 511. The first-order valence-electron chi connectivity index (χ1n) is 6.07. The van der Waals surface area contributed by atoms with Crippen LogP contribution in [0.25, 0.3) is 0 Å². The maximum atomic E-state index is 5.75. The molecule has 2 N–H and O–H groups in total. The summed E-state index contributed by atoms with van der Waals surface area (Å²) in [6, 6.07) is 0.223. The fourth-order valence-electron chi connectivity index (χ4n) is 2.40. The van der Waals surface area contributed by atoms with Crippen LogP contribution < -0.4 is 5.73 Å². The third-order valence-electron chi connectivity index (χ3n) is 3.06. The standard InChI is InChI=1S/C14H19N3S/c1-4-6-10-8-17(3)13(11(10)7-5-2)12-9-18-14(15)16-12/h4-7,9,13H,8H2,1-3H3,(H2,15,16)/b6-4-,7-5-. The Morgan fingerprint density at radius 3 is 2.67 bits per heavy atom. The van der Waals surface area contributed by atoms with Gasteiger partial charge in [0.05, 0.1) is 11.7 Å². The van der Waals surface area contributed by atoms with Crippen LogP contribution in [0.2, 0.25) is 0 Å². The molecule has 3 nitrogen and oxygen atoms in total. The van der Waals surface area contributed by atoms with Crippen LogP contribution in [0, 0.1) is 0 Å². The fourth-order valence-corrected chi connectivity index (χ4v) is 2.98. The Kier molecular flexibility index (Phi) is 3.99. The van der Waals surface area contributed by atoms with Gasteiger partial charge in [-0.3, -0.25) is 4.90 Å². The van der Waals surface area contributed by atoms with Crippen molar-refractivity contribution in [2.45, 2.75) is 19.9 Å². The van der Waals surface area contributed by atoms with Gasteiger partial charge in [0.1, 0.15) is 0 Å². The molecule has 0 aliphatic carbocycles. The lowest BCUT2D eigenvalue weighted by atomic mass is 10.0. The van der Waals surface area contributed by atoms with Crippen molar-refractivity contribution in [1.29, 1.82) is 0 Å². The highest BCUT2D eigenvalue weighted by Crippen LogP contribution is 2.37. The minimum Gasteiger partial charge on any atom is -0.375 e. The molecule has 0 fully saturated rings. The van der Waals surface area contributed by atoms with E-state index in [0.717, 1.165) is 12.2 Å². The van der Waals surface area contributed by atoms with E-state index in [1.807, 2.05) is 6.92 Å². The van der Waals surface area contributed by atoms with Crippen LogP contribution in [-0.4, -0.2) is 23.5 Å². The number of nitrogens with zero attached hydrogens (tertiary/aromatic N) is 2. The Hall–Kier alpha value is -1.39. The number of hydrogen-bond donors (Lipinski definition) is 1. The summed E-state index contributed by atoms with van der Waals surface area (Å²) < 4.78 is 0. The summed E-state index contributed by atoms with van der Waals surface area (Å²) in [5.41, 5.74) is 9.47. The molecule has 0 spiro atoms. The number of aromatic nitrogens is 1. The van der Waals surface area contributed by atoms with E-state index in [0.29, 0.717) is 5.13 Å². The molecule has 0 bridgehead atoms. The van der Waals surface area contributed by atoms with Crippen molar-refractivity contribution in [3.05, 3.63) is 46.5 Å². The zero-order chi connectivity index (χ0) is 13.1. The van der Waals surface area contributed by atoms with E-state index in [1.165, 1.54) is 22.5 Å². The number of rotatable bonds is 3. The molecule has 1 unspecified atom stereocenters. The minimum absolute atomic E-state index is 0.223. The highest BCUT2D eigenvalue weighted by molar-refractivity contribution is 7.13. The summed E-state index contributed by atoms with van der Waals surface area (Å²) >= 11 is 1.50. The van der Waals surface area contributed by atoms with Gasteiger partial charge < -0.3 is 5.73 Å². The maximum Gasteiger partial charge on any atom is 0.180 e. The van der Waals surface area contributed by atoms with Crippen LogP contribution >= 0.6 is 11.3 Å². The molecule has 1 aromatic rings. The summed E-state index contributed by atoms with van der Waals surface area (Å²) in [7, 11) is 2.13. The van der Waals surface area contributed by atoms with Gasteiger partial charge in [-0.05, 0) is 32.0 Å². The molecule has 0 saturated carbocycles. The third-order valence-corrected chi connectivity index (χ3v) is 3.75. The molecular weight excluding hydrogens is 242 g/mol. The summed E-state index contributed by atoms with van der Waals surface area (Å²) in [4.78, 5) is 6.74. The number of likely N-dealkylation sites (N-methyl/N-ethyl adjacent to an activating group) is 1. The summed E-state index contributed by atoms with van der Waals surface area (Å²) in [6.45, 7) is 5.05. The quantitative estimate of drug-likeness (QED) is 0.908. The zero-order valence-corrected chi connectivity index (χ0v) is 11.9. The second kappa shape index (κ2) is 5.50. The molecule has 0 aromatic carbocycles. The van der Waals surface area contributed by atoms with E-state index in [4.69, 9.17) is 5.73 Å². The van der Waals surface area contributed by atoms with E-state index < -0.39 is 0 Å². The molecule has 0 amide bonds. The SMILES string of the molecule is C/C=C\C1=C(/C=C\C)C(c2csc(N)n2)N(C)C1. The second-order valence-electron chi connectivity index (χ2n) is 4.41. The van der Waals surface area contributed by atoms with Crippen LogP contribution in [0.1, 0.15) is 25.6 Å². The molecular formula is C14H19N3S. The summed E-state index contributed by atoms with van der Waals surface area (Å²) in [5, 5.41) is 2.69. The summed E-state index contributed by atoms with van der Waals surface area (Å²) in [6.07, 6.45) is 8.53. The van der Waals surface area contributed by atoms with Gasteiger partial charge in [0.2, 0.25) is 0 Å². The number of nitrogen functional groups attached to an aromatic ring is 1. The Morgan fingerprint density at radius 1 is 1.39 bits per heavy atom. The molecule has 2 heterocycles. The normalized spacial score (nSPS) is 21.8. The molecule has 2 rings (SSSR count). The highest BCUT2D eigenvalue weighted by atomic mass is 32.1. The van der Waals surface area contributed by atoms with Gasteiger partial charge >= 0.3 is 0 Å². The topological polar surface area (TPSA) is 42.1 Å². The van der Waals surface area contributed by atoms with Crippen molar-refractivity contribution in [2.75, 3.05) is 19.3 Å². The molecule has 1 aliphatic heterocycles. The highest BCUT2D eigenvalue weighted by Gasteiger charge is 2.30. The minimum atomic E-state index is 0.223. The molecule has 4 heteroatoms. The van der Waals surface area contributed by atoms with Gasteiger partial charge in [0.25, 0.3) is 0 Å². The Labute approximate surface area is 112 Å². The largest absolute Gasteiger partial charge is 0.375 e. The van der Waals surface area contributed by atoms with E-state index in [9.17, 15) is 0 Å². The number of hydrogen-bond acceptors (Lipinski definition) is 4. The van der Waals surface area contributed by atoms with Gasteiger partial charge in [-0.15, -0.1) is 11.3 Å². The van der Waals surface area contributed by atoms with E-state index >= 15 is 0 Å². The van der Waals surface area contributed by atoms with Crippen molar-refractivity contribution in [1.82, 2.24) is 9.88 Å². The first-order valence-corrected chi connectivity index (χ1v) is 6.95.